The van der Waals surface area contributed by atoms with Gasteiger partial charge in [-0.2, -0.15) is 0 Å². The topological polar surface area (TPSA) is 68.0 Å². The zero-order valence-electron chi connectivity index (χ0n) is 9.50. The lowest BCUT2D eigenvalue weighted by Crippen LogP contribution is -2.08. The third kappa shape index (κ3) is 2.50. The fourth-order valence-electron chi connectivity index (χ4n) is 1.66. The maximum absolute atomic E-state index is 10.7. The summed E-state index contributed by atoms with van der Waals surface area (Å²) in [7, 11) is 0. The van der Waals surface area contributed by atoms with Gasteiger partial charge in [-0.05, 0) is 24.1 Å². The average Bonchev–Trinajstić information content (AvgIpc) is 2.76. The second kappa shape index (κ2) is 4.78. The van der Waals surface area contributed by atoms with Crippen molar-refractivity contribution in [2.45, 2.75) is 19.8 Å². The summed E-state index contributed by atoms with van der Waals surface area (Å²) in [5.74, 6) is -0.889. The fourth-order valence-corrected chi connectivity index (χ4v) is 1.66. The molecule has 1 aromatic carbocycles. The van der Waals surface area contributed by atoms with Crippen LogP contribution < -0.4 is 0 Å². The molecule has 0 unspecified atom stereocenters. The van der Waals surface area contributed by atoms with Crippen molar-refractivity contribution < 1.29 is 9.90 Å². The van der Waals surface area contributed by atoms with E-state index < -0.39 is 5.97 Å². The molecule has 5 nitrogen and oxygen atoms in total. The van der Waals surface area contributed by atoms with Crippen LogP contribution in [0.4, 0.5) is 0 Å². The van der Waals surface area contributed by atoms with Crippen LogP contribution in [-0.4, -0.2) is 26.1 Å². The van der Waals surface area contributed by atoms with Gasteiger partial charge in [-0.25, -0.2) is 4.68 Å². The van der Waals surface area contributed by atoms with Crippen LogP contribution in [0.25, 0.3) is 5.69 Å². The molecule has 1 heterocycles. The summed E-state index contributed by atoms with van der Waals surface area (Å²) in [4.78, 5) is 10.7. The van der Waals surface area contributed by atoms with Crippen molar-refractivity contribution in [2.24, 2.45) is 0 Å². The van der Waals surface area contributed by atoms with Crippen LogP contribution in [-0.2, 0) is 17.6 Å². The average molecular weight is 231 g/mol. The first kappa shape index (κ1) is 11.3. The highest BCUT2D eigenvalue weighted by atomic mass is 16.4. The molecule has 5 heteroatoms. The summed E-state index contributed by atoms with van der Waals surface area (Å²) < 4.78 is 1.56. The Hall–Kier alpha value is -2.17. The van der Waals surface area contributed by atoms with Crippen LogP contribution in [0.5, 0.6) is 0 Å². The van der Waals surface area contributed by atoms with Crippen molar-refractivity contribution in [3.05, 3.63) is 41.7 Å². The van der Waals surface area contributed by atoms with E-state index in [1.165, 1.54) is 11.8 Å². The van der Waals surface area contributed by atoms with Gasteiger partial charge in [0.1, 0.15) is 0 Å². The highest BCUT2D eigenvalue weighted by Crippen LogP contribution is 2.12. The van der Waals surface area contributed by atoms with Crippen molar-refractivity contribution in [3.63, 3.8) is 0 Å². The Balaban J connectivity index is 2.38. The number of carboxylic acid groups (broad SMARTS) is 1. The van der Waals surface area contributed by atoms with Crippen molar-refractivity contribution in [2.75, 3.05) is 0 Å². The van der Waals surface area contributed by atoms with Crippen molar-refractivity contribution in [1.29, 1.82) is 0 Å². The van der Waals surface area contributed by atoms with Gasteiger partial charge in [0, 0.05) is 0 Å². The summed E-state index contributed by atoms with van der Waals surface area (Å²) in [6.45, 7) is 2.07. The number of hydrogen-bond acceptors (Lipinski definition) is 3. The predicted octanol–water partition coefficient (Wildman–Crippen LogP) is 1.46. The molecule has 0 amide bonds. The van der Waals surface area contributed by atoms with Gasteiger partial charge in [-0.15, -0.1) is 5.10 Å². The molecule has 2 rings (SSSR count). The van der Waals surface area contributed by atoms with Crippen LogP contribution in [0.2, 0.25) is 0 Å². The number of aromatic nitrogens is 3. The molecule has 0 aliphatic rings. The summed E-state index contributed by atoms with van der Waals surface area (Å²) in [5.41, 5.74) is 2.60. The van der Waals surface area contributed by atoms with E-state index in [-0.39, 0.29) is 6.42 Å². The van der Waals surface area contributed by atoms with Crippen LogP contribution in [0.3, 0.4) is 0 Å². The van der Waals surface area contributed by atoms with Gasteiger partial charge in [0.05, 0.1) is 24.0 Å². The first-order valence-corrected chi connectivity index (χ1v) is 5.41. The van der Waals surface area contributed by atoms with E-state index in [0.717, 1.165) is 12.1 Å². The first-order chi connectivity index (χ1) is 8.20. The second-order valence-corrected chi connectivity index (χ2v) is 3.73. The quantitative estimate of drug-likeness (QED) is 0.864. The maximum Gasteiger partial charge on any atom is 0.309 e. The number of benzene rings is 1. The van der Waals surface area contributed by atoms with Crippen molar-refractivity contribution >= 4 is 5.97 Å². The van der Waals surface area contributed by atoms with Gasteiger partial charge in [0.2, 0.25) is 0 Å². The smallest absolute Gasteiger partial charge is 0.309 e. The number of aliphatic carboxylic acids is 1. The Kier molecular flexibility index (Phi) is 3.18. The largest absolute Gasteiger partial charge is 0.481 e. The van der Waals surface area contributed by atoms with E-state index in [1.54, 1.807) is 4.68 Å². The number of carbonyl (C=O) groups is 1. The van der Waals surface area contributed by atoms with Crippen LogP contribution in [0.15, 0.2) is 30.5 Å². The van der Waals surface area contributed by atoms with E-state index in [1.807, 2.05) is 24.3 Å². The van der Waals surface area contributed by atoms with Gasteiger partial charge < -0.3 is 5.11 Å². The van der Waals surface area contributed by atoms with E-state index in [0.29, 0.717) is 5.69 Å². The number of hydrogen-bond donors (Lipinski definition) is 1. The number of carboxylic acids is 1. The monoisotopic (exact) mass is 231 g/mol. The summed E-state index contributed by atoms with van der Waals surface area (Å²) >= 11 is 0. The minimum atomic E-state index is -0.889. The summed E-state index contributed by atoms with van der Waals surface area (Å²) in [6, 6.07) is 7.83. The van der Waals surface area contributed by atoms with Crippen LogP contribution in [0, 0.1) is 0 Å². The second-order valence-electron chi connectivity index (χ2n) is 3.73. The SMILES string of the molecule is CCc1cccc(-n2nncc2CC(=O)O)c1. The van der Waals surface area contributed by atoms with E-state index >= 15 is 0 Å². The van der Waals surface area contributed by atoms with Gasteiger partial charge in [-0.1, -0.05) is 24.3 Å². The van der Waals surface area contributed by atoms with E-state index in [4.69, 9.17) is 5.11 Å². The first-order valence-electron chi connectivity index (χ1n) is 5.41. The third-order valence-corrected chi connectivity index (χ3v) is 2.52. The molecule has 0 aliphatic heterocycles. The Morgan fingerprint density at radius 1 is 1.47 bits per heavy atom. The Morgan fingerprint density at radius 2 is 2.29 bits per heavy atom. The van der Waals surface area contributed by atoms with Gasteiger partial charge in [-0.3, -0.25) is 4.79 Å². The Bertz CT molecular complexity index is 534. The van der Waals surface area contributed by atoms with Crippen LogP contribution >= 0.6 is 0 Å². The zero-order valence-corrected chi connectivity index (χ0v) is 9.50. The molecule has 0 aliphatic carbocycles. The number of aryl methyl sites for hydroxylation is 1. The predicted molar refractivity (Wildman–Crippen MR) is 62.1 cm³/mol. The van der Waals surface area contributed by atoms with Crippen molar-refractivity contribution in [3.8, 4) is 5.69 Å². The summed E-state index contributed by atoms with van der Waals surface area (Å²) in [5, 5.41) is 16.5. The molecular weight excluding hydrogens is 218 g/mol. The molecule has 1 aromatic heterocycles. The molecule has 1 N–H and O–H groups in total. The minimum Gasteiger partial charge on any atom is -0.481 e. The summed E-state index contributed by atoms with van der Waals surface area (Å²) in [6.07, 6.45) is 2.33. The lowest BCUT2D eigenvalue weighted by Gasteiger charge is -2.06. The standard InChI is InChI=1S/C12H13N3O2/c1-2-9-4-3-5-10(6-9)15-11(7-12(16)17)8-13-14-15/h3-6,8H,2,7H2,1H3,(H,16,17). The lowest BCUT2D eigenvalue weighted by atomic mass is 10.1. The molecule has 0 saturated heterocycles. The lowest BCUT2D eigenvalue weighted by molar-refractivity contribution is -0.136. The molecule has 0 fully saturated rings. The van der Waals surface area contributed by atoms with Gasteiger partial charge >= 0.3 is 5.97 Å². The molecule has 0 atom stereocenters. The third-order valence-electron chi connectivity index (χ3n) is 2.52. The molecule has 0 saturated carbocycles. The van der Waals surface area contributed by atoms with E-state index in [9.17, 15) is 4.79 Å². The Labute approximate surface area is 98.7 Å². The molecular formula is C12H13N3O2. The molecule has 17 heavy (non-hydrogen) atoms. The molecule has 0 radical (unpaired) electrons. The number of nitrogens with zero attached hydrogens (tertiary/aromatic N) is 3. The van der Waals surface area contributed by atoms with Crippen molar-refractivity contribution in [1.82, 2.24) is 15.0 Å². The Morgan fingerprint density at radius 3 is 3.00 bits per heavy atom. The number of rotatable bonds is 4. The minimum absolute atomic E-state index is 0.0800. The van der Waals surface area contributed by atoms with Gasteiger partial charge in [0.25, 0.3) is 0 Å². The van der Waals surface area contributed by atoms with Gasteiger partial charge in [0.15, 0.2) is 0 Å². The molecule has 0 spiro atoms. The normalized spacial score (nSPS) is 10.4. The highest BCUT2D eigenvalue weighted by Gasteiger charge is 2.09. The highest BCUT2D eigenvalue weighted by molar-refractivity contribution is 5.69. The molecule has 88 valence electrons. The maximum atomic E-state index is 10.7. The molecule has 2 aromatic rings. The van der Waals surface area contributed by atoms with E-state index in [2.05, 4.69) is 17.2 Å². The molecule has 0 bridgehead atoms. The van der Waals surface area contributed by atoms with Crippen LogP contribution in [0.1, 0.15) is 18.2 Å². The fraction of sp³-hybridized carbons (Fsp3) is 0.250. The zero-order chi connectivity index (χ0) is 12.3.